The molecule has 1 aromatic heterocycles. The summed E-state index contributed by atoms with van der Waals surface area (Å²) in [7, 11) is 0. The summed E-state index contributed by atoms with van der Waals surface area (Å²) in [6.45, 7) is 6.00. The second-order valence-corrected chi connectivity index (χ2v) is 6.19. The summed E-state index contributed by atoms with van der Waals surface area (Å²) in [6.07, 6.45) is 1.76. The Bertz CT molecular complexity index is 381. The van der Waals surface area contributed by atoms with Crippen molar-refractivity contribution < 1.29 is 4.79 Å². The van der Waals surface area contributed by atoms with Gasteiger partial charge in [-0.15, -0.1) is 11.3 Å². The van der Waals surface area contributed by atoms with Gasteiger partial charge < -0.3 is 10.6 Å². The first-order valence-electron chi connectivity index (χ1n) is 6.31. The van der Waals surface area contributed by atoms with Gasteiger partial charge in [0.1, 0.15) is 0 Å². The molecule has 3 nitrogen and oxygen atoms in total. The summed E-state index contributed by atoms with van der Waals surface area (Å²) >= 11 is 7.43. The second-order valence-electron chi connectivity index (χ2n) is 4.39. The molecular weight excluding hydrogens is 268 g/mol. The lowest BCUT2D eigenvalue weighted by molar-refractivity contribution is -0.135. The van der Waals surface area contributed by atoms with Crippen molar-refractivity contribution in [3.8, 4) is 0 Å². The van der Waals surface area contributed by atoms with Crippen LogP contribution in [0, 0.1) is 5.92 Å². The number of nitrogens with zero attached hydrogens (tertiary/aromatic N) is 1. The fraction of sp³-hybridized carbons (Fsp3) is 0.615. The molecule has 0 bridgehead atoms. The highest BCUT2D eigenvalue weighted by atomic mass is 35.5. The first-order valence-corrected chi connectivity index (χ1v) is 7.51. The zero-order chi connectivity index (χ0) is 13.5. The molecular formula is C13H21ClN2OS. The number of carbonyl (C=O) groups excluding carboxylic acids is 1. The predicted octanol–water partition coefficient (Wildman–Crippen LogP) is 3.13. The van der Waals surface area contributed by atoms with Gasteiger partial charge in [-0.25, -0.2) is 0 Å². The Hall–Kier alpha value is -0.580. The summed E-state index contributed by atoms with van der Waals surface area (Å²) in [5.74, 6) is 0.249. The third kappa shape index (κ3) is 4.59. The monoisotopic (exact) mass is 288 g/mol. The standard InChI is InChI=1S/C13H21ClN2OS/c1-3-16(9-11-6-7-12(14)18-11)13(17)10(2)5-4-8-15/h6-7,10H,3-5,8-9,15H2,1-2H3. The smallest absolute Gasteiger partial charge is 0.225 e. The molecule has 1 amide bonds. The van der Waals surface area contributed by atoms with E-state index in [1.807, 2.05) is 30.9 Å². The lowest BCUT2D eigenvalue weighted by atomic mass is 10.0. The minimum absolute atomic E-state index is 0.0453. The Morgan fingerprint density at radius 1 is 1.56 bits per heavy atom. The molecule has 0 aliphatic rings. The molecule has 1 atom stereocenters. The first-order chi connectivity index (χ1) is 8.58. The molecule has 0 saturated heterocycles. The maximum atomic E-state index is 12.2. The Balaban J connectivity index is 2.57. The summed E-state index contributed by atoms with van der Waals surface area (Å²) < 4.78 is 0.768. The minimum Gasteiger partial charge on any atom is -0.338 e. The zero-order valence-electron chi connectivity index (χ0n) is 11.0. The van der Waals surface area contributed by atoms with Crippen LogP contribution in [0.5, 0.6) is 0 Å². The topological polar surface area (TPSA) is 46.3 Å². The Labute approximate surface area is 118 Å². The lowest BCUT2D eigenvalue weighted by Gasteiger charge is -2.23. The van der Waals surface area contributed by atoms with Crippen molar-refractivity contribution in [1.82, 2.24) is 4.90 Å². The van der Waals surface area contributed by atoms with E-state index < -0.39 is 0 Å². The van der Waals surface area contributed by atoms with Gasteiger partial charge in [-0.1, -0.05) is 18.5 Å². The van der Waals surface area contributed by atoms with Gasteiger partial charge in [0, 0.05) is 17.3 Å². The number of rotatable bonds is 7. The van der Waals surface area contributed by atoms with Crippen molar-refractivity contribution in [3.05, 3.63) is 21.3 Å². The van der Waals surface area contributed by atoms with Crippen LogP contribution in [-0.4, -0.2) is 23.9 Å². The number of nitrogens with two attached hydrogens (primary N) is 1. The van der Waals surface area contributed by atoms with E-state index in [0.717, 1.165) is 28.6 Å². The van der Waals surface area contributed by atoms with E-state index in [0.29, 0.717) is 13.1 Å². The molecule has 102 valence electrons. The van der Waals surface area contributed by atoms with Gasteiger partial charge in [0.15, 0.2) is 0 Å². The summed E-state index contributed by atoms with van der Waals surface area (Å²) in [4.78, 5) is 15.3. The van der Waals surface area contributed by atoms with Gasteiger partial charge in [-0.3, -0.25) is 4.79 Å². The van der Waals surface area contributed by atoms with Crippen molar-refractivity contribution in [2.45, 2.75) is 33.2 Å². The SMILES string of the molecule is CCN(Cc1ccc(Cl)s1)C(=O)C(C)CCCN. The second kappa shape index (κ2) is 7.77. The minimum atomic E-state index is 0.0453. The van der Waals surface area contributed by atoms with E-state index in [4.69, 9.17) is 17.3 Å². The quantitative estimate of drug-likeness (QED) is 0.838. The normalized spacial score (nSPS) is 12.4. The number of hydrogen-bond donors (Lipinski definition) is 1. The van der Waals surface area contributed by atoms with Crippen molar-refractivity contribution in [1.29, 1.82) is 0 Å². The number of thiophene rings is 1. The van der Waals surface area contributed by atoms with Crippen LogP contribution in [0.1, 0.15) is 31.6 Å². The first kappa shape index (κ1) is 15.5. The molecule has 0 spiro atoms. The Morgan fingerprint density at radius 3 is 2.78 bits per heavy atom. The average molecular weight is 289 g/mol. The summed E-state index contributed by atoms with van der Waals surface area (Å²) in [6, 6.07) is 3.85. The van der Waals surface area contributed by atoms with Crippen LogP contribution in [0.15, 0.2) is 12.1 Å². The third-order valence-corrected chi connectivity index (χ3v) is 4.15. The van der Waals surface area contributed by atoms with Crippen LogP contribution in [0.25, 0.3) is 0 Å². The maximum Gasteiger partial charge on any atom is 0.225 e. The van der Waals surface area contributed by atoms with E-state index in [9.17, 15) is 4.79 Å². The van der Waals surface area contributed by atoms with E-state index >= 15 is 0 Å². The zero-order valence-corrected chi connectivity index (χ0v) is 12.6. The third-order valence-electron chi connectivity index (χ3n) is 2.93. The largest absolute Gasteiger partial charge is 0.338 e. The van der Waals surface area contributed by atoms with Crippen molar-refractivity contribution >= 4 is 28.8 Å². The van der Waals surface area contributed by atoms with Crippen LogP contribution in [0.3, 0.4) is 0 Å². The van der Waals surface area contributed by atoms with Crippen molar-refractivity contribution in [2.24, 2.45) is 11.7 Å². The van der Waals surface area contributed by atoms with E-state index in [1.165, 1.54) is 11.3 Å². The highest BCUT2D eigenvalue weighted by Gasteiger charge is 2.19. The summed E-state index contributed by atoms with van der Waals surface area (Å²) in [5.41, 5.74) is 5.47. The van der Waals surface area contributed by atoms with Crippen LogP contribution in [0.4, 0.5) is 0 Å². The molecule has 1 aromatic rings. The van der Waals surface area contributed by atoms with Gasteiger partial charge in [-0.05, 0) is 38.4 Å². The van der Waals surface area contributed by atoms with Crippen molar-refractivity contribution in [3.63, 3.8) is 0 Å². The molecule has 0 aliphatic heterocycles. The molecule has 0 aromatic carbocycles. The van der Waals surface area contributed by atoms with E-state index in [2.05, 4.69) is 0 Å². The molecule has 18 heavy (non-hydrogen) atoms. The predicted molar refractivity (Wildman–Crippen MR) is 77.9 cm³/mol. The molecule has 5 heteroatoms. The molecule has 1 rings (SSSR count). The Kier molecular flexibility index (Phi) is 6.68. The molecule has 1 heterocycles. The van der Waals surface area contributed by atoms with Gasteiger partial charge >= 0.3 is 0 Å². The fourth-order valence-corrected chi connectivity index (χ4v) is 2.93. The Morgan fingerprint density at radius 2 is 2.28 bits per heavy atom. The molecule has 0 radical (unpaired) electrons. The summed E-state index contributed by atoms with van der Waals surface area (Å²) in [5, 5.41) is 0. The van der Waals surface area contributed by atoms with Gasteiger partial charge in [0.2, 0.25) is 5.91 Å². The van der Waals surface area contributed by atoms with E-state index in [-0.39, 0.29) is 11.8 Å². The van der Waals surface area contributed by atoms with Crippen LogP contribution < -0.4 is 5.73 Å². The number of amides is 1. The highest BCUT2D eigenvalue weighted by molar-refractivity contribution is 7.16. The maximum absolute atomic E-state index is 12.2. The van der Waals surface area contributed by atoms with Crippen LogP contribution in [-0.2, 0) is 11.3 Å². The molecule has 0 aliphatic carbocycles. The molecule has 0 saturated carbocycles. The lowest BCUT2D eigenvalue weighted by Crippen LogP contribution is -2.34. The number of hydrogen-bond acceptors (Lipinski definition) is 3. The van der Waals surface area contributed by atoms with Gasteiger partial charge in [0.25, 0.3) is 0 Å². The van der Waals surface area contributed by atoms with Crippen LogP contribution >= 0.6 is 22.9 Å². The van der Waals surface area contributed by atoms with Crippen LogP contribution in [0.2, 0.25) is 4.34 Å². The van der Waals surface area contributed by atoms with Gasteiger partial charge in [0.05, 0.1) is 10.9 Å². The fourth-order valence-electron chi connectivity index (χ4n) is 1.83. The molecule has 1 unspecified atom stereocenters. The van der Waals surface area contributed by atoms with E-state index in [1.54, 1.807) is 0 Å². The number of carbonyl (C=O) groups is 1. The average Bonchev–Trinajstić information content (AvgIpc) is 2.77. The van der Waals surface area contributed by atoms with Gasteiger partial charge in [-0.2, -0.15) is 0 Å². The number of halogens is 1. The molecule has 0 fully saturated rings. The van der Waals surface area contributed by atoms with Crippen molar-refractivity contribution in [2.75, 3.05) is 13.1 Å². The highest BCUT2D eigenvalue weighted by Crippen LogP contribution is 2.23. The molecule has 2 N–H and O–H groups in total.